The Morgan fingerprint density at radius 3 is 2.67 bits per heavy atom. The van der Waals surface area contributed by atoms with Crippen LogP contribution in [0.4, 0.5) is 0 Å². The smallest absolute Gasteiger partial charge is 0.223 e. The van der Waals surface area contributed by atoms with Gasteiger partial charge in [0, 0.05) is 32.1 Å². The summed E-state index contributed by atoms with van der Waals surface area (Å²) in [5, 5.41) is 0. The normalized spacial score (nSPS) is 27.1. The third-order valence-electron chi connectivity index (χ3n) is 2.82. The van der Waals surface area contributed by atoms with E-state index in [1.54, 1.807) is 0 Å². The highest BCUT2D eigenvalue weighted by Gasteiger charge is 2.25. The van der Waals surface area contributed by atoms with Crippen molar-refractivity contribution in [3.8, 4) is 0 Å². The van der Waals surface area contributed by atoms with E-state index in [1.807, 2.05) is 23.9 Å². The predicted molar refractivity (Wildman–Crippen MR) is 61.5 cm³/mol. The van der Waals surface area contributed by atoms with Gasteiger partial charge >= 0.3 is 0 Å². The van der Waals surface area contributed by atoms with Crippen molar-refractivity contribution in [3.05, 3.63) is 0 Å². The lowest BCUT2D eigenvalue weighted by atomic mass is 9.96. The molecule has 4 nitrogen and oxygen atoms in total. The summed E-state index contributed by atoms with van der Waals surface area (Å²) in [5.74, 6) is 0.780. The summed E-state index contributed by atoms with van der Waals surface area (Å²) < 4.78 is 0. The van der Waals surface area contributed by atoms with Gasteiger partial charge in [-0.1, -0.05) is 6.92 Å². The lowest BCUT2D eigenvalue weighted by Gasteiger charge is -2.35. The Morgan fingerprint density at radius 1 is 1.47 bits per heavy atom. The maximum Gasteiger partial charge on any atom is 0.223 e. The molecule has 15 heavy (non-hydrogen) atoms. The van der Waals surface area contributed by atoms with Crippen LogP contribution in [-0.4, -0.2) is 55.5 Å². The molecule has 2 unspecified atom stereocenters. The van der Waals surface area contributed by atoms with Gasteiger partial charge in [0.05, 0.1) is 0 Å². The summed E-state index contributed by atoms with van der Waals surface area (Å²) in [6.07, 6.45) is 1.64. The van der Waals surface area contributed by atoms with Gasteiger partial charge in [-0.3, -0.25) is 4.79 Å². The zero-order valence-electron chi connectivity index (χ0n) is 10.1. The zero-order valence-corrected chi connectivity index (χ0v) is 10.1. The predicted octanol–water partition coefficient (Wildman–Crippen LogP) is 0.134. The third kappa shape index (κ3) is 4.18. The number of nitrogens with zero attached hydrogens (tertiary/aromatic N) is 2. The van der Waals surface area contributed by atoms with E-state index < -0.39 is 0 Å². The fraction of sp³-hybridized carbons (Fsp3) is 0.909. The molecule has 1 amide bonds. The zero-order chi connectivity index (χ0) is 11.4. The second-order valence-corrected chi connectivity index (χ2v) is 4.95. The number of nitrogens with two attached hydrogens (primary N) is 1. The highest BCUT2D eigenvalue weighted by Crippen LogP contribution is 2.15. The van der Waals surface area contributed by atoms with E-state index >= 15 is 0 Å². The van der Waals surface area contributed by atoms with Crippen molar-refractivity contribution in [1.82, 2.24) is 9.80 Å². The summed E-state index contributed by atoms with van der Waals surface area (Å²) in [5.41, 5.74) is 5.90. The number of hydrogen-bond acceptors (Lipinski definition) is 3. The van der Waals surface area contributed by atoms with Crippen LogP contribution in [0.3, 0.4) is 0 Å². The molecule has 0 spiro atoms. The lowest BCUT2D eigenvalue weighted by molar-refractivity contribution is -0.133. The van der Waals surface area contributed by atoms with Crippen molar-refractivity contribution in [2.75, 3.05) is 33.7 Å². The topological polar surface area (TPSA) is 49.6 Å². The van der Waals surface area contributed by atoms with Crippen LogP contribution in [0, 0.1) is 5.92 Å². The van der Waals surface area contributed by atoms with Gasteiger partial charge in [-0.05, 0) is 26.4 Å². The second-order valence-electron chi connectivity index (χ2n) is 4.95. The molecule has 0 bridgehead atoms. The first-order valence-electron chi connectivity index (χ1n) is 5.67. The molecule has 1 saturated heterocycles. The van der Waals surface area contributed by atoms with E-state index in [1.165, 1.54) is 0 Å². The van der Waals surface area contributed by atoms with Crippen molar-refractivity contribution in [2.24, 2.45) is 11.7 Å². The number of carbonyl (C=O) groups excluding carboxylic acids is 1. The van der Waals surface area contributed by atoms with E-state index in [2.05, 4.69) is 6.92 Å². The maximum absolute atomic E-state index is 11.8. The second kappa shape index (κ2) is 5.47. The van der Waals surface area contributed by atoms with Crippen LogP contribution >= 0.6 is 0 Å². The Balaban J connectivity index is 2.38. The average molecular weight is 213 g/mol. The molecule has 0 aromatic heterocycles. The number of rotatable bonds is 3. The molecule has 2 N–H and O–H groups in total. The largest absolute Gasteiger partial charge is 0.341 e. The monoisotopic (exact) mass is 213 g/mol. The van der Waals surface area contributed by atoms with Gasteiger partial charge in [0.2, 0.25) is 5.91 Å². The van der Waals surface area contributed by atoms with E-state index in [9.17, 15) is 4.79 Å². The SMILES string of the molecule is CC1CC(N)CN(C(=O)CCN(C)C)C1. The van der Waals surface area contributed by atoms with Crippen LogP contribution in [0.2, 0.25) is 0 Å². The Bertz CT molecular complexity index is 208. The molecule has 0 saturated carbocycles. The van der Waals surface area contributed by atoms with Crippen LogP contribution in [0.1, 0.15) is 19.8 Å². The number of hydrogen-bond donors (Lipinski definition) is 1. The molecular weight excluding hydrogens is 190 g/mol. The van der Waals surface area contributed by atoms with Crippen molar-refractivity contribution >= 4 is 5.91 Å². The van der Waals surface area contributed by atoms with Crippen LogP contribution in [-0.2, 0) is 4.79 Å². The van der Waals surface area contributed by atoms with E-state index in [0.717, 1.165) is 26.1 Å². The first-order chi connectivity index (χ1) is 6.99. The molecule has 0 aliphatic carbocycles. The maximum atomic E-state index is 11.8. The van der Waals surface area contributed by atoms with Crippen LogP contribution in [0.5, 0.6) is 0 Å². The molecule has 1 aliphatic rings. The lowest BCUT2D eigenvalue weighted by Crippen LogP contribution is -2.49. The van der Waals surface area contributed by atoms with Crippen molar-refractivity contribution < 1.29 is 4.79 Å². The van der Waals surface area contributed by atoms with Crippen molar-refractivity contribution in [1.29, 1.82) is 0 Å². The quantitative estimate of drug-likeness (QED) is 0.725. The Kier molecular flexibility index (Phi) is 4.54. The van der Waals surface area contributed by atoms with E-state index in [-0.39, 0.29) is 11.9 Å². The molecule has 1 rings (SSSR count). The molecular formula is C11H23N3O. The van der Waals surface area contributed by atoms with Gasteiger partial charge in [0.25, 0.3) is 0 Å². The van der Waals surface area contributed by atoms with Crippen molar-refractivity contribution in [2.45, 2.75) is 25.8 Å². The first-order valence-corrected chi connectivity index (χ1v) is 5.67. The highest BCUT2D eigenvalue weighted by atomic mass is 16.2. The van der Waals surface area contributed by atoms with Crippen LogP contribution < -0.4 is 5.73 Å². The fourth-order valence-corrected chi connectivity index (χ4v) is 2.08. The first kappa shape index (κ1) is 12.5. The summed E-state index contributed by atoms with van der Waals surface area (Å²) in [4.78, 5) is 15.8. The van der Waals surface area contributed by atoms with Gasteiger partial charge in [0.15, 0.2) is 0 Å². The van der Waals surface area contributed by atoms with Gasteiger partial charge < -0.3 is 15.5 Å². The molecule has 4 heteroatoms. The fourth-order valence-electron chi connectivity index (χ4n) is 2.08. The molecule has 0 aromatic rings. The molecule has 2 atom stereocenters. The highest BCUT2D eigenvalue weighted by molar-refractivity contribution is 5.76. The molecule has 1 fully saturated rings. The third-order valence-corrected chi connectivity index (χ3v) is 2.82. The molecule has 1 aliphatic heterocycles. The standard InChI is InChI=1S/C11H23N3O/c1-9-6-10(12)8-14(7-9)11(15)4-5-13(2)3/h9-10H,4-8,12H2,1-3H3. The Labute approximate surface area is 92.4 Å². The molecule has 0 aromatic carbocycles. The van der Waals surface area contributed by atoms with Crippen LogP contribution in [0.15, 0.2) is 0 Å². The summed E-state index contributed by atoms with van der Waals surface area (Å²) in [6.45, 7) is 4.58. The minimum absolute atomic E-state index is 0.164. The van der Waals surface area contributed by atoms with Gasteiger partial charge in [0.1, 0.15) is 0 Å². The molecule has 88 valence electrons. The van der Waals surface area contributed by atoms with Gasteiger partial charge in [-0.15, -0.1) is 0 Å². The van der Waals surface area contributed by atoms with E-state index in [4.69, 9.17) is 5.73 Å². The number of likely N-dealkylation sites (tertiary alicyclic amines) is 1. The van der Waals surface area contributed by atoms with Crippen molar-refractivity contribution in [3.63, 3.8) is 0 Å². The van der Waals surface area contributed by atoms with Gasteiger partial charge in [-0.2, -0.15) is 0 Å². The Hall–Kier alpha value is -0.610. The summed E-state index contributed by atoms with van der Waals surface area (Å²) in [6, 6.07) is 0.164. The summed E-state index contributed by atoms with van der Waals surface area (Å²) >= 11 is 0. The minimum Gasteiger partial charge on any atom is -0.341 e. The number of amides is 1. The Morgan fingerprint density at radius 2 is 2.13 bits per heavy atom. The molecule has 1 heterocycles. The average Bonchev–Trinajstić information content (AvgIpc) is 2.12. The van der Waals surface area contributed by atoms with Gasteiger partial charge in [-0.25, -0.2) is 0 Å². The van der Waals surface area contributed by atoms with Crippen LogP contribution in [0.25, 0.3) is 0 Å². The van der Waals surface area contributed by atoms with E-state index in [0.29, 0.717) is 12.3 Å². The molecule has 0 radical (unpaired) electrons. The summed E-state index contributed by atoms with van der Waals surface area (Å²) in [7, 11) is 3.97. The number of piperidine rings is 1. The minimum atomic E-state index is 0.164. The number of carbonyl (C=O) groups is 1.